The molecule has 1 N–H and O–H groups in total. The molecule has 0 radical (unpaired) electrons. The van der Waals surface area contributed by atoms with E-state index in [4.69, 9.17) is 4.74 Å². The van der Waals surface area contributed by atoms with E-state index in [2.05, 4.69) is 30.4 Å². The third kappa shape index (κ3) is 7.90. The molecule has 0 aliphatic rings. The van der Waals surface area contributed by atoms with Gasteiger partial charge in [0.1, 0.15) is 11.8 Å². The van der Waals surface area contributed by atoms with Crippen LogP contribution in [0, 0.1) is 6.92 Å². The maximum Gasteiger partial charge on any atom is 0.243 e. The van der Waals surface area contributed by atoms with Crippen LogP contribution in [-0.4, -0.2) is 41.7 Å². The first-order chi connectivity index (χ1) is 15.4. The van der Waals surface area contributed by atoms with Gasteiger partial charge in [0, 0.05) is 18.3 Å². The van der Waals surface area contributed by atoms with E-state index in [0.29, 0.717) is 18.7 Å². The van der Waals surface area contributed by atoms with Crippen molar-refractivity contribution in [1.82, 2.24) is 10.2 Å². The first-order valence-corrected chi connectivity index (χ1v) is 12.4. The zero-order valence-electron chi connectivity index (χ0n) is 19.9. The van der Waals surface area contributed by atoms with Crippen molar-refractivity contribution in [2.45, 2.75) is 64.9 Å². The normalized spacial score (nSPS) is 12.7. The number of ether oxygens (including phenoxy) is 1. The Morgan fingerprint density at radius 3 is 2.38 bits per heavy atom. The molecule has 2 rings (SSSR count). The van der Waals surface area contributed by atoms with E-state index in [1.165, 1.54) is 11.1 Å². The second-order valence-electron chi connectivity index (χ2n) is 8.09. The van der Waals surface area contributed by atoms with Gasteiger partial charge < -0.3 is 15.0 Å². The number of hydrogen-bond acceptors (Lipinski definition) is 4. The van der Waals surface area contributed by atoms with Crippen LogP contribution in [0.3, 0.4) is 0 Å². The Labute approximate surface area is 196 Å². The van der Waals surface area contributed by atoms with Gasteiger partial charge in [-0.05, 0) is 49.9 Å². The Balaban J connectivity index is 2.14. The van der Waals surface area contributed by atoms with Crippen LogP contribution >= 0.6 is 11.8 Å². The van der Waals surface area contributed by atoms with Gasteiger partial charge in [0.25, 0.3) is 0 Å². The second-order valence-corrected chi connectivity index (χ2v) is 9.08. The number of hydrogen-bond donors (Lipinski definition) is 1. The van der Waals surface area contributed by atoms with Crippen molar-refractivity contribution in [3.05, 3.63) is 65.2 Å². The predicted molar refractivity (Wildman–Crippen MR) is 133 cm³/mol. The fourth-order valence-corrected chi connectivity index (χ4v) is 4.29. The second kappa shape index (κ2) is 13.2. The highest BCUT2D eigenvalue weighted by molar-refractivity contribution is 7.99. The van der Waals surface area contributed by atoms with Crippen molar-refractivity contribution in [1.29, 1.82) is 0 Å². The van der Waals surface area contributed by atoms with Gasteiger partial charge in [0.05, 0.1) is 12.9 Å². The number of carbonyl (C=O) groups is 2. The first kappa shape index (κ1) is 25.8. The molecule has 2 unspecified atom stereocenters. The Bertz CT molecular complexity index is 870. The van der Waals surface area contributed by atoms with Crippen molar-refractivity contribution in [3.8, 4) is 5.75 Å². The van der Waals surface area contributed by atoms with Gasteiger partial charge in [0.2, 0.25) is 11.8 Å². The smallest absolute Gasteiger partial charge is 0.243 e. The highest BCUT2D eigenvalue weighted by Gasteiger charge is 2.29. The maximum atomic E-state index is 13.3. The summed E-state index contributed by atoms with van der Waals surface area (Å²) in [5.41, 5.74) is 3.38. The number of carbonyl (C=O) groups excluding carboxylic acids is 2. The Morgan fingerprint density at radius 2 is 1.78 bits per heavy atom. The van der Waals surface area contributed by atoms with Crippen molar-refractivity contribution < 1.29 is 14.3 Å². The average Bonchev–Trinajstić information content (AvgIpc) is 2.79. The lowest BCUT2D eigenvalue weighted by molar-refractivity contribution is -0.139. The maximum absolute atomic E-state index is 13.3. The quantitative estimate of drug-likeness (QED) is 0.490. The minimum Gasteiger partial charge on any atom is -0.497 e. The van der Waals surface area contributed by atoms with E-state index in [1.54, 1.807) is 23.8 Å². The molecule has 0 aromatic heterocycles. The van der Waals surface area contributed by atoms with Crippen molar-refractivity contribution >= 4 is 23.6 Å². The number of thioether (sulfide) groups is 1. The molecule has 0 bridgehead atoms. The molecule has 0 heterocycles. The Hall–Kier alpha value is -2.47. The Morgan fingerprint density at radius 1 is 1.06 bits per heavy atom. The molecule has 0 saturated carbocycles. The molecule has 0 aliphatic carbocycles. The summed E-state index contributed by atoms with van der Waals surface area (Å²) in [7, 11) is 1.63. The summed E-state index contributed by atoms with van der Waals surface area (Å²) in [5, 5.41) is 3.05. The van der Waals surface area contributed by atoms with E-state index in [1.807, 2.05) is 51.1 Å². The van der Waals surface area contributed by atoms with E-state index < -0.39 is 6.04 Å². The van der Waals surface area contributed by atoms with E-state index in [0.717, 1.165) is 23.5 Å². The van der Waals surface area contributed by atoms with Gasteiger partial charge in [-0.15, -0.1) is 11.8 Å². The minimum atomic E-state index is -0.502. The van der Waals surface area contributed by atoms with Gasteiger partial charge in [-0.3, -0.25) is 9.59 Å². The average molecular weight is 457 g/mol. The molecule has 0 saturated heterocycles. The van der Waals surface area contributed by atoms with E-state index in [9.17, 15) is 9.59 Å². The summed E-state index contributed by atoms with van der Waals surface area (Å²) < 4.78 is 5.24. The number of nitrogens with one attached hydrogen (secondary N) is 1. The minimum absolute atomic E-state index is 0.0235. The highest BCUT2D eigenvalue weighted by atomic mass is 32.2. The third-order valence-corrected chi connectivity index (χ3v) is 6.46. The highest BCUT2D eigenvalue weighted by Crippen LogP contribution is 2.19. The first-order valence-electron chi connectivity index (χ1n) is 11.2. The van der Waals surface area contributed by atoms with Crippen LogP contribution in [0.25, 0.3) is 0 Å². The lowest BCUT2D eigenvalue weighted by Gasteiger charge is -2.31. The summed E-state index contributed by atoms with van der Waals surface area (Å²) in [6.07, 6.45) is 1.41. The van der Waals surface area contributed by atoms with Gasteiger partial charge in [-0.2, -0.15) is 0 Å². The number of nitrogens with zero attached hydrogens (tertiary/aromatic N) is 1. The molecule has 2 aromatic carbocycles. The molecule has 0 spiro atoms. The molecule has 0 aliphatic heterocycles. The number of benzene rings is 2. The number of amides is 2. The van der Waals surface area contributed by atoms with Crippen LogP contribution < -0.4 is 10.1 Å². The molecule has 2 amide bonds. The summed E-state index contributed by atoms with van der Waals surface area (Å²) in [6.45, 7) is 8.43. The molecule has 5 nitrogen and oxygen atoms in total. The number of methoxy groups -OCH3 is 1. The summed E-state index contributed by atoms with van der Waals surface area (Å²) in [5.74, 6) is 1.75. The molecular weight excluding hydrogens is 420 g/mol. The SMILES string of the molecule is CCC(C)NC(=O)C(CC)N(Cc1ccc(OC)cc1)C(=O)CSCc1cccc(C)c1. The van der Waals surface area contributed by atoms with Crippen molar-refractivity contribution in [2.24, 2.45) is 0 Å². The largest absolute Gasteiger partial charge is 0.497 e. The van der Waals surface area contributed by atoms with Crippen LogP contribution in [0.5, 0.6) is 5.75 Å². The summed E-state index contributed by atoms with van der Waals surface area (Å²) in [4.78, 5) is 28.0. The fraction of sp³-hybridized carbons (Fsp3) is 0.462. The molecule has 2 aromatic rings. The monoisotopic (exact) mass is 456 g/mol. The third-order valence-electron chi connectivity index (χ3n) is 5.48. The topological polar surface area (TPSA) is 58.6 Å². The lowest BCUT2D eigenvalue weighted by atomic mass is 10.1. The molecule has 32 heavy (non-hydrogen) atoms. The van der Waals surface area contributed by atoms with E-state index >= 15 is 0 Å². The zero-order chi connectivity index (χ0) is 23.5. The number of aryl methyl sites for hydroxylation is 1. The van der Waals surface area contributed by atoms with Crippen LogP contribution in [0.4, 0.5) is 0 Å². The van der Waals surface area contributed by atoms with Crippen molar-refractivity contribution in [2.75, 3.05) is 12.9 Å². The Kier molecular flexibility index (Phi) is 10.6. The van der Waals surface area contributed by atoms with Crippen molar-refractivity contribution in [3.63, 3.8) is 0 Å². The summed E-state index contributed by atoms with van der Waals surface area (Å²) >= 11 is 1.58. The van der Waals surface area contributed by atoms with Gasteiger partial charge in [-0.1, -0.05) is 55.8 Å². The molecule has 2 atom stereocenters. The van der Waals surface area contributed by atoms with Crippen LogP contribution in [0.15, 0.2) is 48.5 Å². The fourth-order valence-electron chi connectivity index (χ4n) is 3.43. The number of rotatable bonds is 12. The van der Waals surface area contributed by atoms with Gasteiger partial charge >= 0.3 is 0 Å². The molecule has 0 fully saturated rings. The van der Waals surface area contributed by atoms with Crippen LogP contribution in [0.1, 0.15) is 50.3 Å². The van der Waals surface area contributed by atoms with Gasteiger partial charge in [-0.25, -0.2) is 0 Å². The molecule has 6 heteroatoms. The van der Waals surface area contributed by atoms with Crippen LogP contribution in [-0.2, 0) is 21.9 Å². The lowest BCUT2D eigenvalue weighted by Crippen LogP contribution is -2.51. The molecular formula is C26H36N2O3S. The summed E-state index contributed by atoms with van der Waals surface area (Å²) in [6, 6.07) is 15.5. The zero-order valence-corrected chi connectivity index (χ0v) is 20.7. The standard InChI is InChI=1S/C26H36N2O3S/c1-6-20(4)27-26(30)24(7-2)28(16-21-11-13-23(31-5)14-12-21)25(29)18-32-17-22-10-8-9-19(3)15-22/h8-15,20,24H,6-7,16-18H2,1-5H3,(H,27,30). The predicted octanol–water partition coefficient (Wildman–Crippen LogP) is 4.96. The molecule has 174 valence electrons. The van der Waals surface area contributed by atoms with Crippen LogP contribution in [0.2, 0.25) is 0 Å². The van der Waals surface area contributed by atoms with Gasteiger partial charge in [0.15, 0.2) is 0 Å². The van der Waals surface area contributed by atoms with E-state index in [-0.39, 0.29) is 17.9 Å².